The van der Waals surface area contributed by atoms with Gasteiger partial charge in [-0.15, -0.1) is 0 Å². The van der Waals surface area contributed by atoms with Gasteiger partial charge in [-0.1, -0.05) is 24.6 Å². The Morgan fingerprint density at radius 2 is 2.04 bits per heavy atom. The number of aromatic nitrogens is 2. The second-order valence-corrected chi connectivity index (χ2v) is 6.51. The number of hydrogen-bond acceptors (Lipinski definition) is 3. The van der Waals surface area contributed by atoms with Gasteiger partial charge in [0.1, 0.15) is 5.82 Å². The lowest BCUT2D eigenvalue weighted by Gasteiger charge is -2.10. The maximum atomic E-state index is 13.3. The summed E-state index contributed by atoms with van der Waals surface area (Å²) in [5.41, 5.74) is 0.900. The summed E-state index contributed by atoms with van der Waals surface area (Å²) in [7, 11) is 0. The van der Waals surface area contributed by atoms with Crippen LogP contribution in [0.3, 0.4) is 0 Å². The summed E-state index contributed by atoms with van der Waals surface area (Å²) in [6.07, 6.45) is 2.44. The quantitative estimate of drug-likeness (QED) is 0.695. The predicted molar refractivity (Wildman–Crippen MR) is 102 cm³/mol. The van der Waals surface area contributed by atoms with Gasteiger partial charge in [0, 0.05) is 17.9 Å². The summed E-state index contributed by atoms with van der Waals surface area (Å²) >= 11 is 5.75. The molecule has 8 heteroatoms. The van der Waals surface area contributed by atoms with Gasteiger partial charge in [0.2, 0.25) is 5.82 Å². The number of halogens is 2. The third kappa shape index (κ3) is 3.93. The fourth-order valence-corrected chi connectivity index (χ4v) is 2.70. The molecule has 1 aromatic carbocycles. The molecule has 0 radical (unpaired) electrons. The highest BCUT2D eigenvalue weighted by Gasteiger charge is 2.22. The van der Waals surface area contributed by atoms with E-state index in [1.54, 1.807) is 28.8 Å². The van der Waals surface area contributed by atoms with Crippen LogP contribution in [-0.4, -0.2) is 27.2 Å². The zero-order chi connectivity index (χ0) is 19.6. The SMILES string of the molecule is CCC(C)NC(=O)c1nc(C(=O)Nc2ccc(F)c(Cl)c2)c2ccccn12. The van der Waals surface area contributed by atoms with Gasteiger partial charge < -0.3 is 10.6 Å². The number of hydrogen-bond donors (Lipinski definition) is 2. The molecule has 0 aliphatic heterocycles. The van der Waals surface area contributed by atoms with E-state index in [2.05, 4.69) is 15.6 Å². The monoisotopic (exact) mass is 388 g/mol. The highest BCUT2D eigenvalue weighted by molar-refractivity contribution is 6.31. The molecule has 0 saturated carbocycles. The molecule has 2 aromatic heterocycles. The molecule has 27 heavy (non-hydrogen) atoms. The first-order valence-electron chi connectivity index (χ1n) is 8.45. The number of nitrogens with one attached hydrogen (secondary N) is 2. The molecule has 0 spiro atoms. The maximum absolute atomic E-state index is 13.3. The van der Waals surface area contributed by atoms with Gasteiger partial charge in [0.05, 0.1) is 10.5 Å². The van der Waals surface area contributed by atoms with E-state index in [0.717, 1.165) is 12.5 Å². The molecule has 2 heterocycles. The molecule has 2 amide bonds. The van der Waals surface area contributed by atoms with E-state index < -0.39 is 11.7 Å². The molecule has 1 atom stereocenters. The first kappa shape index (κ1) is 18.8. The second-order valence-electron chi connectivity index (χ2n) is 6.11. The number of nitrogens with zero attached hydrogens (tertiary/aromatic N) is 2. The van der Waals surface area contributed by atoms with Crippen molar-refractivity contribution in [3.05, 3.63) is 65.0 Å². The average Bonchev–Trinajstić information content (AvgIpc) is 3.04. The van der Waals surface area contributed by atoms with Crippen molar-refractivity contribution < 1.29 is 14.0 Å². The van der Waals surface area contributed by atoms with Crippen LogP contribution in [0.1, 0.15) is 41.4 Å². The fraction of sp³-hybridized carbons (Fsp3) is 0.211. The Balaban J connectivity index is 1.95. The van der Waals surface area contributed by atoms with Crippen molar-refractivity contribution >= 4 is 34.6 Å². The summed E-state index contributed by atoms with van der Waals surface area (Å²) < 4.78 is 14.8. The number of fused-ring (bicyclic) bond motifs is 1. The Kier molecular flexibility index (Phi) is 5.41. The van der Waals surface area contributed by atoms with Crippen LogP contribution in [0.2, 0.25) is 5.02 Å². The topological polar surface area (TPSA) is 75.5 Å². The molecule has 0 aliphatic rings. The molecule has 3 rings (SSSR count). The van der Waals surface area contributed by atoms with Crippen molar-refractivity contribution in [1.29, 1.82) is 0 Å². The summed E-state index contributed by atoms with van der Waals surface area (Å²) in [6.45, 7) is 3.85. The minimum atomic E-state index is -0.578. The van der Waals surface area contributed by atoms with Crippen LogP contribution in [-0.2, 0) is 0 Å². The molecular weight excluding hydrogens is 371 g/mol. The Labute approximate surface area is 160 Å². The van der Waals surface area contributed by atoms with E-state index in [-0.39, 0.29) is 28.5 Å². The van der Waals surface area contributed by atoms with Crippen LogP contribution in [0.15, 0.2) is 42.6 Å². The van der Waals surface area contributed by atoms with Crippen LogP contribution < -0.4 is 10.6 Å². The third-order valence-corrected chi connectivity index (χ3v) is 4.42. The van der Waals surface area contributed by atoms with Crippen LogP contribution >= 0.6 is 11.6 Å². The zero-order valence-corrected chi connectivity index (χ0v) is 15.5. The predicted octanol–water partition coefficient (Wildman–Crippen LogP) is 3.91. The normalized spacial score (nSPS) is 12.0. The average molecular weight is 389 g/mol. The summed E-state index contributed by atoms with van der Waals surface area (Å²) in [4.78, 5) is 29.4. The van der Waals surface area contributed by atoms with Gasteiger partial charge in [-0.2, -0.15) is 0 Å². The van der Waals surface area contributed by atoms with Crippen LogP contribution in [0.5, 0.6) is 0 Å². The highest BCUT2D eigenvalue weighted by Crippen LogP contribution is 2.21. The lowest BCUT2D eigenvalue weighted by molar-refractivity contribution is 0.0928. The Morgan fingerprint density at radius 1 is 1.26 bits per heavy atom. The van der Waals surface area contributed by atoms with Gasteiger partial charge in [-0.25, -0.2) is 9.37 Å². The van der Waals surface area contributed by atoms with Crippen molar-refractivity contribution in [3.8, 4) is 0 Å². The van der Waals surface area contributed by atoms with E-state index in [4.69, 9.17) is 11.6 Å². The molecule has 2 N–H and O–H groups in total. The molecule has 6 nitrogen and oxygen atoms in total. The largest absolute Gasteiger partial charge is 0.347 e. The number of amides is 2. The molecule has 1 unspecified atom stereocenters. The van der Waals surface area contributed by atoms with Crippen LogP contribution in [0.4, 0.5) is 10.1 Å². The third-order valence-electron chi connectivity index (χ3n) is 4.13. The smallest absolute Gasteiger partial charge is 0.287 e. The molecular formula is C19H18ClFN4O2. The number of anilines is 1. The highest BCUT2D eigenvalue weighted by atomic mass is 35.5. The van der Waals surface area contributed by atoms with Crippen molar-refractivity contribution in [2.75, 3.05) is 5.32 Å². The Hall–Kier alpha value is -2.93. The fourth-order valence-electron chi connectivity index (χ4n) is 2.52. The first-order valence-corrected chi connectivity index (χ1v) is 8.82. The van der Waals surface area contributed by atoms with Gasteiger partial charge in [0.15, 0.2) is 5.69 Å². The van der Waals surface area contributed by atoms with E-state index >= 15 is 0 Å². The van der Waals surface area contributed by atoms with Gasteiger partial charge in [-0.3, -0.25) is 14.0 Å². The van der Waals surface area contributed by atoms with Crippen molar-refractivity contribution in [2.24, 2.45) is 0 Å². The van der Waals surface area contributed by atoms with Crippen molar-refractivity contribution in [3.63, 3.8) is 0 Å². The zero-order valence-electron chi connectivity index (χ0n) is 14.8. The molecule has 0 fully saturated rings. The standard InChI is InChI=1S/C19H18ClFN4O2/c1-3-11(2)22-19(27)17-24-16(15-6-4-5-9-25(15)17)18(26)23-12-7-8-14(21)13(20)10-12/h4-11H,3H2,1-2H3,(H,22,27)(H,23,26). The molecule has 0 aliphatic carbocycles. The van der Waals surface area contributed by atoms with E-state index in [1.807, 2.05) is 13.8 Å². The van der Waals surface area contributed by atoms with Gasteiger partial charge in [0.25, 0.3) is 11.8 Å². The number of rotatable bonds is 5. The number of pyridine rings is 1. The first-order chi connectivity index (χ1) is 12.9. The number of carbonyl (C=O) groups excluding carboxylic acids is 2. The van der Waals surface area contributed by atoms with Crippen molar-refractivity contribution in [1.82, 2.24) is 14.7 Å². The van der Waals surface area contributed by atoms with Gasteiger partial charge >= 0.3 is 0 Å². The minimum absolute atomic E-state index is 0.0211. The molecule has 3 aromatic rings. The van der Waals surface area contributed by atoms with Crippen LogP contribution in [0, 0.1) is 5.82 Å². The number of imidazole rings is 1. The Morgan fingerprint density at radius 3 is 2.74 bits per heavy atom. The molecule has 0 saturated heterocycles. The minimum Gasteiger partial charge on any atom is -0.347 e. The summed E-state index contributed by atoms with van der Waals surface area (Å²) in [6, 6.07) is 9.03. The second kappa shape index (κ2) is 7.75. The summed E-state index contributed by atoms with van der Waals surface area (Å²) in [5, 5.41) is 5.36. The maximum Gasteiger partial charge on any atom is 0.287 e. The molecule has 0 bridgehead atoms. The Bertz CT molecular complexity index is 1020. The number of benzene rings is 1. The van der Waals surface area contributed by atoms with E-state index in [0.29, 0.717) is 11.2 Å². The lowest BCUT2D eigenvalue weighted by atomic mass is 10.2. The summed E-state index contributed by atoms with van der Waals surface area (Å²) in [5.74, 6) is -1.35. The molecule has 140 valence electrons. The van der Waals surface area contributed by atoms with Gasteiger partial charge in [-0.05, 0) is 43.7 Å². The number of carbonyl (C=O) groups is 2. The van der Waals surface area contributed by atoms with Crippen LogP contribution in [0.25, 0.3) is 5.52 Å². The lowest BCUT2D eigenvalue weighted by Crippen LogP contribution is -2.33. The van der Waals surface area contributed by atoms with E-state index in [9.17, 15) is 14.0 Å². The van der Waals surface area contributed by atoms with Crippen molar-refractivity contribution in [2.45, 2.75) is 26.3 Å². The van der Waals surface area contributed by atoms with E-state index in [1.165, 1.54) is 12.1 Å².